The van der Waals surface area contributed by atoms with Gasteiger partial charge in [0.2, 0.25) is 0 Å². The standard InChI is InChI=1S/C25H25N7/c1-16-8-10-19-18(23(16)32-15-29-24(26)20-6-4-5-7-21(20)32)12-13-27-25(19)30-17-9-11-22(28-14-17)31(2)3/h4-14H,15H2,1-3H3,(H2,26,29)(H,27,30). The van der Waals surface area contributed by atoms with E-state index in [1.54, 1.807) is 0 Å². The summed E-state index contributed by atoms with van der Waals surface area (Å²) >= 11 is 0. The first-order chi connectivity index (χ1) is 15.5. The zero-order chi connectivity index (χ0) is 22.2. The van der Waals surface area contributed by atoms with Crippen LogP contribution in [0.4, 0.5) is 28.7 Å². The van der Waals surface area contributed by atoms with Crippen molar-refractivity contribution >= 4 is 45.3 Å². The summed E-state index contributed by atoms with van der Waals surface area (Å²) in [5.41, 5.74) is 11.3. The Hall–Kier alpha value is -4.13. The Balaban J connectivity index is 1.60. The van der Waals surface area contributed by atoms with Crippen molar-refractivity contribution in [2.24, 2.45) is 10.7 Å². The average molecular weight is 424 g/mol. The number of aromatic nitrogens is 2. The van der Waals surface area contributed by atoms with E-state index in [0.29, 0.717) is 12.5 Å². The molecule has 1 aliphatic rings. The van der Waals surface area contributed by atoms with Crippen LogP contribution in [0.5, 0.6) is 0 Å². The molecule has 0 spiro atoms. The summed E-state index contributed by atoms with van der Waals surface area (Å²) in [6, 6.07) is 18.4. The van der Waals surface area contributed by atoms with E-state index in [1.807, 2.05) is 61.7 Å². The number of para-hydroxylation sites is 1. The number of benzene rings is 2. The van der Waals surface area contributed by atoms with Gasteiger partial charge in [0, 0.05) is 36.6 Å². The molecule has 0 radical (unpaired) electrons. The molecule has 0 atom stereocenters. The topological polar surface area (TPSA) is 82.7 Å². The number of hydrogen-bond acceptors (Lipinski definition) is 7. The van der Waals surface area contributed by atoms with E-state index in [4.69, 9.17) is 5.73 Å². The smallest absolute Gasteiger partial charge is 0.138 e. The van der Waals surface area contributed by atoms with Crippen molar-refractivity contribution in [3.63, 3.8) is 0 Å². The Labute approximate surface area is 187 Å². The van der Waals surface area contributed by atoms with Gasteiger partial charge in [0.05, 0.1) is 23.3 Å². The van der Waals surface area contributed by atoms with E-state index in [2.05, 4.69) is 56.4 Å². The van der Waals surface area contributed by atoms with Gasteiger partial charge in [0.25, 0.3) is 0 Å². The SMILES string of the molecule is Cc1ccc2c(Nc3ccc(N(C)C)nc3)nccc2c1N1CN=C(N)c2ccccc21. The van der Waals surface area contributed by atoms with E-state index < -0.39 is 0 Å². The molecule has 7 heteroatoms. The van der Waals surface area contributed by atoms with Crippen LogP contribution in [0.3, 0.4) is 0 Å². The minimum atomic E-state index is 0.476. The van der Waals surface area contributed by atoms with E-state index >= 15 is 0 Å². The number of nitrogens with two attached hydrogens (primary N) is 1. The molecule has 7 nitrogen and oxygen atoms in total. The third kappa shape index (κ3) is 3.37. The molecule has 160 valence electrons. The summed E-state index contributed by atoms with van der Waals surface area (Å²) in [6.45, 7) is 2.60. The second-order valence-electron chi connectivity index (χ2n) is 8.04. The first-order valence-electron chi connectivity index (χ1n) is 10.5. The minimum Gasteiger partial charge on any atom is -0.383 e. The monoisotopic (exact) mass is 423 g/mol. The molecule has 0 fully saturated rings. The van der Waals surface area contributed by atoms with Crippen molar-refractivity contribution in [1.82, 2.24) is 9.97 Å². The van der Waals surface area contributed by atoms with Crippen molar-refractivity contribution in [1.29, 1.82) is 0 Å². The van der Waals surface area contributed by atoms with E-state index in [-0.39, 0.29) is 0 Å². The third-order valence-corrected chi connectivity index (χ3v) is 5.71. The average Bonchev–Trinajstić information content (AvgIpc) is 2.80. The number of anilines is 5. The summed E-state index contributed by atoms with van der Waals surface area (Å²) in [4.78, 5) is 17.9. The Morgan fingerprint density at radius 1 is 0.969 bits per heavy atom. The van der Waals surface area contributed by atoms with Gasteiger partial charge in [-0.05, 0) is 42.8 Å². The summed E-state index contributed by atoms with van der Waals surface area (Å²) in [5.74, 6) is 2.27. The third-order valence-electron chi connectivity index (χ3n) is 5.71. The van der Waals surface area contributed by atoms with Crippen molar-refractivity contribution in [2.45, 2.75) is 6.92 Å². The molecule has 3 N–H and O–H groups in total. The van der Waals surface area contributed by atoms with Gasteiger partial charge in [-0.15, -0.1) is 0 Å². The van der Waals surface area contributed by atoms with Crippen LogP contribution in [0.2, 0.25) is 0 Å². The van der Waals surface area contributed by atoms with Gasteiger partial charge in [-0.2, -0.15) is 0 Å². The summed E-state index contributed by atoms with van der Waals surface area (Å²) in [6.07, 6.45) is 3.66. The zero-order valence-electron chi connectivity index (χ0n) is 18.4. The van der Waals surface area contributed by atoms with Crippen LogP contribution in [0.25, 0.3) is 10.8 Å². The van der Waals surface area contributed by atoms with Crippen LogP contribution in [0.1, 0.15) is 11.1 Å². The highest BCUT2D eigenvalue weighted by atomic mass is 15.2. The number of pyridine rings is 2. The van der Waals surface area contributed by atoms with E-state index in [1.165, 1.54) is 0 Å². The second-order valence-corrected chi connectivity index (χ2v) is 8.04. The lowest BCUT2D eigenvalue weighted by molar-refractivity contribution is 0.958. The van der Waals surface area contributed by atoms with Gasteiger partial charge in [0.15, 0.2) is 0 Å². The Kier molecular flexibility index (Phi) is 4.86. The first-order valence-corrected chi connectivity index (χ1v) is 10.5. The van der Waals surface area contributed by atoms with Crippen molar-refractivity contribution in [3.05, 3.63) is 78.1 Å². The molecule has 0 bridgehead atoms. The lowest BCUT2D eigenvalue weighted by atomic mass is 10.0. The van der Waals surface area contributed by atoms with E-state index in [9.17, 15) is 0 Å². The normalized spacial score (nSPS) is 13.0. The van der Waals surface area contributed by atoms with Gasteiger partial charge in [-0.3, -0.25) is 0 Å². The molecule has 0 unspecified atom stereocenters. The molecule has 5 rings (SSSR count). The molecule has 2 aromatic heterocycles. The molecule has 3 heterocycles. The fourth-order valence-electron chi connectivity index (χ4n) is 4.09. The minimum absolute atomic E-state index is 0.476. The van der Waals surface area contributed by atoms with Gasteiger partial charge < -0.3 is 20.9 Å². The molecule has 0 aliphatic carbocycles. The number of amidine groups is 1. The maximum Gasteiger partial charge on any atom is 0.138 e. The molecule has 0 saturated heterocycles. The van der Waals surface area contributed by atoms with Crippen molar-refractivity contribution in [3.8, 4) is 0 Å². The predicted molar refractivity (Wildman–Crippen MR) is 132 cm³/mol. The fraction of sp³-hybridized carbons (Fsp3) is 0.160. The quantitative estimate of drug-likeness (QED) is 0.501. The Morgan fingerprint density at radius 2 is 1.81 bits per heavy atom. The van der Waals surface area contributed by atoms with Crippen LogP contribution < -0.4 is 20.9 Å². The molecule has 4 aromatic rings. The highest BCUT2D eigenvalue weighted by Crippen LogP contribution is 2.39. The fourth-order valence-corrected chi connectivity index (χ4v) is 4.09. The molecule has 0 amide bonds. The highest BCUT2D eigenvalue weighted by Gasteiger charge is 2.23. The largest absolute Gasteiger partial charge is 0.383 e. The van der Waals surface area contributed by atoms with Crippen LogP contribution >= 0.6 is 0 Å². The summed E-state index contributed by atoms with van der Waals surface area (Å²) in [5, 5.41) is 5.57. The Morgan fingerprint density at radius 3 is 2.59 bits per heavy atom. The summed E-state index contributed by atoms with van der Waals surface area (Å²) < 4.78 is 0. The van der Waals surface area contributed by atoms with Crippen LogP contribution in [0, 0.1) is 6.92 Å². The maximum absolute atomic E-state index is 6.17. The number of aryl methyl sites for hydroxylation is 1. The molecule has 32 heavy (non-hydrogen) atoms. The number of nitrogens with one attached hydrogen (secondary N) is 1. The molecule has 2 aromatic carbocycles. The van der Waals surface area contributed by atoms with Gasteiger partial charge in [-0.25, -0.2) is 15.0 Å². The highest BCUT2D eigenvalue weighted by molar-refractivity contribution is 6.08. The summed E-state index contributed by atoms with van der Waals surface area (Å²) in [7, 11) is 3.95. The second kappa shape index (κ2) is 7.85. The number of nitrogens with zero attached hydrogens (tertiary/aromatic N) is 5. The molecule has 0 saturated carbocycles. The van der Waals surface area contributed by atoms with Gasteiger partial charge in [0.1, 0.15) is 24.1 Å². The molecule has 1 aliphatic heterocycles. The van der Waals surface area contributed by atoms with Gasteiger partial charge >= 0.3 is 0 Å². The van der Waals surface area contributed by atoms with Crippen LogP contribution in [0.15, 0.2) is 72.0 Å². The lowest BCUT2D eigenvalue weighted by Crippen LogP contribution is -2.29. The molecular weight excluding hydrogens is 398 g/mol. The van der Waals surface area contributed by atoms with Crippen molar-refractivity contribution < 1.29 is 0 Å². The maximum atomic E-state index is 6.17. The number of hydrogen-bond donors (Lipinski definition) is 2. The number of rotatable bonds is 4. The Bertz CT molecular complexity index is 1330. The number of fused-ring (bicyclic) bond motifs is 2. The van der Waals surface area contributed by atoms with Gasteiger partial charge in [-0.1, -0.05) is 24.3 Å². The van der Waals surface area contributed by atoms with Crippen LogP contribution in [-0.4, -0.2) is 36.6 Å². The zero-order valence-corrected chi connectivity index (χ0v) is 18.4. The lowest BCUT2D eigenvalue weighted by Gasteiger charge is -2.31. The van der Waals surface area contributed by atoms with Crippen LogP contribution in [-0.2, 0) is 0 Å². The predicted octanol–water partition coefficient (Wildman–Crippen LogP) is 4.56. The first kappa shape index (κ1) is 19.8. The van der Waals surface area contributed by atoms with Crippen molar-refractivity contribution in [2.75, 3.05) is 35.9 Å². The number of aliphatic imine (C=N–C) groups is 1. The molecular formula is C25H25N7. The van der Waals surface area contributed by atoms with E-state index in [0.717, 1.165) is 50.6 Å².